The van der Waals surface area contributed by atoms with Crippen LogP contribution in [0.2, 0.25) is 0 Å². The highest BCUT2D eigenvalue weighted by Crippen LogP contribution is 2.34. The molecule has 9 nitrogen and oxygen atoms in total. The normalized spacial score (nSPS) is 28.7. The predicted molar refractivity (Wildman–Crippen MR) is 104 cm³/mol. The van der Waals surface area contributed by atoms with Crippen molar-refractivity contribution in [1.29, 1.82) is 0 Å². The van der Waals surface area contributed by atoms with Gasteiger partial charge in [0.15, 0.2) is 23.2 Å². The van der Waals surface area contributed by atoms with E-state index in [1.54, 1.807) is 4.57 Å². The number of imidazole rings is 1. The molecule has 0 amide bonds. The fourth-order valence-corrected chi connectivity index (χ4v) is 4.35. The Bertz CT molecular complexity index is 1030. The number of aliphatic hydroxyl groups excluding tert-OH is 3. The molecule has 1 aliphatic carbocycles. The van der Waals surface area contributed by atoms with Crippen molar-refractivity contribution in [1.82, 2.24) is 19.5 Å². The van der Waals surface area contributed by atoms with Crippen molar-refractivity contribution in [2.75, 3.05) is 18.5 Å². The van der Waals surface area contributed by atoms with Gasteiger partial charge in [0.2, 0.25) is 0 Å². The second-order valence-corrected chi connectivity index (χ2v) is 7.59. The van der Waals surface area contributed by atoms with Gasteiger partial charge in [-0.15, -0.1) is 0 Å². The number of hydrogen-bond acceptors (Lipinski definition) is 8. The summed E-state index contributed by atoms with van der Waals surface area (Å²) in [5.74, 6) is 1.03. The molecule has 1 aliphatic heterocycles. The summed E-state index contributed by atoms with van der Waals surface area (Å²) in [6.07, 6.45) is 1.03. The van der Waals surface area contributed by atoms with Crippen molar-refractivity contribution in [3.8, 4) is 0 Å². The van der Waals surface area contributed by atoms with E-state index in [1.807, 2.05) is 0 Å². The molecule has 1 aromatic carbocycles. The number of aliphatic hydroxyl groups is 3. The summed E-state index contributed by atoms with van der Waals surface area (Å²) in [4.78, 5) is 13.0. The van der Waals surface area contributed by atoms with Gasteiger partial charge in [-0.1, -0.05) is 24.3 Å². The first kappa shape index (κ1) is 18.4. The molecule has 152 valence electrons. The number of aromatic nitrogens is 4. The maximum absolute atomic E-state index is 10.3. The van der Waals surface area contributed by atoms with Crippen molar-refractivity contribution >= 4 is 17.0 Å². The molecule has 5 rings (SSSR count). The van der Waals surface area contributed by atoms with Crippen molar-refractivity contribution in [3.63, 3.8) is 0 Å². The van der Waals surface area contributed by atoms with Gasteiger partial charge in [0.1, 0.15) is 24.6 Å². The second-order valence-electron chi connectivity index (χ2n) is 7.59. The molecule has 1 fully saturated rings. The zero-order valence-corrected chi connectivity index (χ0v) is 15.7. The molecule has 9 heteroatoms. The number of fused-ring (bicyclic) bond motifs is 2. The lowest BCUT2D eigenvalue weighted by Gasteiger charge is -2.17. The molecule has 2 aromatic heterocycles. The van der Waals surface area contributed by atoms with Crippen LogP contribution >= 0.6 is 0 Å². The van der Waals surface area contributed by atoms with E-state index < -0.39 is 24.5 Å². The van der Waals surface area contributed by atoms with Crippen LogP contribution in [0.4, 0.5) is 5.82 Å². The molecule has 5 atom stereocenters. The monoisotopic (exact) mass is 397 g/mol. The van der Waals surface area contributed by atoms with E-state index in [-0.39, 0.29) is 6.61 Å². The van der Waals surface area contributed by atoms with Crippen LogP contribution in [0.5, 0.6) is 0 Å². The summed E-state index contributed by atoms with van der Waals surface area (Å²) in [6.45, 7) is 0.357. The first-order valence-corrected chi connectivity index (χ1v) is 9.79. The highest BCUT2D eigenvalue weighted by Gasteiger charge is 2.44. The molecule has 0 spiro atoms. The third kappa shape index (κ3) is 3.06. The smallest absolute Gasteiger partial charge is 0.167 e. The number of benzene rings is 1. The van der Waals surface area contributed by atoms with E-state index in [9.17, 15) is 15.3 Å². The van der Waals surface area contributed by atoms with E-state index in [4.69, 9.17) is 4.74 Å². The Labute approximate surface area is 167 Å². The van der Waals surface area contributed by atoms with Gasteiger partial charge in [0.05, 0.1) is 12.9 Å². The number of nitrogens with zero attached hydrogens (tertiary/aromatic N) is 4. The van der Waals surface area contributed by atoms with Gasteiger partial charge in [-0.2, -0.15) is 0 Å². The minimum Gasteiger partial charge on any atom is -0.394 e. The highest BCUT2D eigenvalue weighted by atomic mass is 16.6. The third-order valence-electron chi connectivity index (χ3n) is 5.92. The van der Waals surface area contributed by atoms with Gasteiger partial charge in [-0.3, -0.25) is 4.57 Å². The maximum atomic E-state index is 10.3. The minimum absolute atomic E-state index is 0.383. The molecular weight excluding hydrogens is 374 g/mol. The number of aryl methyl sites for hydroxylation is 1. The average Bonchev–Trinajstić information content (AvgIpc) is 3.43. The number of anilines is 1. The number of rotatable bonds is 5. The van der Waals surface area contributed by atoms with Gasteiger partial charge in [-0.05, 0) is 24.0 Å². The predicted octanol–water partition coefficient (Wildman–Crippen LogP) is 0.580. The zero-order valence-electron chi connectivity index (χ0n) is 15.7. The Hall–Kier alpha value is -2.59. The highest BCUT2D eigenvalue weighted by molar-refractivity contribution is 5.82. The van der Waals surface area contributed by atoms with Crippen LogP contribution in [-0.2, 0) is 11.2 Å². The van der Waals surface area contributed by atoms with Gasteiger partial charge in [-0.25, -0.2) is 15.0 Å². The van der Waals surface area contributed by atoms with Crippen molar-refractivity contribution in [2.45, 2.75) is 43.3 Å². The molecule has 0 saturated carbocycles. The summed E-state index contributed by atoms with van der Waals surface area (Å²) in [5, 5.41) is 33.0. The van der Waals surface area contributed by atoms with Gasteiger partial charge in [0, 0.05) is 12.5 Å². The van der Waals surface area contributed by atoms with E-state index in [2.05, 4.69) is 44.5 Å². The van der Waals surface area contributed by atoms with Gasteiger partial charge in [0.25, 0.3) is 0 Å². The zero-order chi connectivity index (χ0) is 20.0. The van der Waals surface area contributed by atoms with E-state index in [0.717, 1.165) is 19.4 Å². The van der Waals surface area contributed by atoms with E-state index in [1.165, 1.54) is 23.8 Å². The average molecular weight is 397 g/mol. The maximum Gasteiger partial charge on any atom is 0.167 e. The lowest BCUT2D eigenvalue weighted by atomic mass is 10.0. The molecule has 2 aliphatic rings. The molecule has 1 saturated heterocycles. The number of nitrogens with one attached hydrogen (secondary N) is 1. The number of hydrogen-bond donors (Lipinski definition) is 4. The van der Waals surface area contributed by atoms with Crippen LogP contribution in [0.25, 0.3) is 11.2 Å². The third-order valence-corrected chi connectivity index (χ3v) is 5.92. The van der Waals surface area contributed by atoms with Crippen LogP contribution < -0.4 is 5.32 Å². The fraction of sp³-hybridized carbons (Fsp3) is 0.450. The molecule has 0 bridgehead atoms. The van der Waals surface area contributed by atoms with Gasteiger partial charge < -0.3 is 25.4 Å². The van der Waals surface area contributed by atoms with Crippen LogP contribution in [0.15, 0.2) is 36.9 Å². The molecule has 1 unspecified atom stereocenters. The van der Waals surface area contributed by atoms with Crippen molar-refractivity contribution < 1.29 is 20.1 Å². The van der Waals surface area contributed by atoms with E-state index >= 15 is 0 Å². The summed E-state index contributed by atoms with van der Waals surface area (Å²) >= 11 is 0. The van der Waals surface area contributed by atoms with Crippen LogP contribution in [0.3, 0.4) is 0 Å². The Morgan fingerprint density at radius 2 is 2.00 bits per heavy atom. The summed E-state index contributed by atoms with van der Waals surface area (Å²) in [6, 6.07) is 8.51. The molecular formula is C20H23N5O4. The summed E-state index contributed by atoms with van der Waals surface area (Å²) < 4.78 is 7.17. The topological polar surface area (TPSA) is 126 Å². The molecule has 29 heavy (non-hydrogen) atoms. The number of ether oxygens (including phenoxy) is 1. The first-order chi connectivity index (χ1) is 14.2. The van der Waals surface area contributed by atoms with Crippen LogP contribution in [0.1, 0.15) is 29.7 Å². The Morgan fingerprint density at radius 3 is 2.83 bits per heavy atom. The molecule has 3 aromatic rings. The quantitative estimate of drug-likeness (QED) is 0.493. The summed E-state index contributed by atoms with van der Waals surface area (Å²) in [5.41, 5.74) is 3.84. The Morgan fingerprint density at radius 1 is 1.14 bits per heavy atom. The van der Waals surface area contributed by atoms with Gasteiger partial charge >= 0.3 is 0 Å². The summed E-state index contributed by atoms with van der Waals surface area (Å²) in [7, 11) is 0. The van der Waals surface area contributed by atoms with Crippen molar-refractivity contribution in [3.05, 3.63) is 48.0 Å². The fourth-order valence-electron chi connectivity index (χ4n) is 4.35. The molecule has 4 N–H and O–H groups in total. The molecule has 0 radical (unpaired) electrons. The Balaban J connectivity index is 1.38. The lowest BCUT2D eigenvalue weighted by molar-refractivity contribution is -0.0511. The van der Waals surface area contributed by atoms with Crippen LogP contribution in [0, 0.1) is 0 Å². The lowest BCUT2D eigenvalue weighted by Crippen LogP contribution is -2.33. The van der Waals surface area contributed by atoms with Crippen molar-refractivity contribution in [2.24, 2.45) is 0 Å². The van der Waals surface area contributed by atoms with E-state index in [0.29, 0.717) is 22.9 Å². The largest absolute Gasteiger partial charge is 0.394 e. The minimum atomic E-state index is -1.19. The standard InChI is InChI=1S/C20H23N5O4/c26-8-14-16(27)17(28)20(29-14)25-10-24-15-18(22-9-23-19(15)25)21-7-12-6-5-11-3-1-2-4-13(11)12/h1-4,9-10,12,14,16-17,20,26-28H,5-8H2,(H,21,22,23)/t12?,14-,16-,17-,20-/m1/s1. The SMILES string of the molecule is OC[C@H]1O[C@@H](n2cnc3c(NCC4CCc5ccccc54)ncnc32)[C@H](O)[C@@H]1O. The van der Waals surface area contributed by atoms with Crippen LogP contribution in [-0.4, -0.2) is 66.3 Å². The molecule has 3 heterocycles. The Kier molecular flexibility index (Phi) is 4.67. The second kappa shape index (κ2) is 7.34. The first-order valence-electron chi connectivity index (χ1n) is 9.79.